The highest BCUT2D eigenvalue weighted by Gasteiger charge is 2.22. The van der Waals surface area contributed by atoms with Crippen molar-refractivity contribution in [2.24, 2.45) is 5.41 Å². The highest BCUT2D eigenvalue weighted by Crippen LogP contribution is 2.12. The molecule has 0 aromatic carbocycles. The summed E-state index contributed by atoms with van der Waals surface area (Å²) in [6.07, 6.45) is 2.64. The summed E-state index contributed by atoms with van der Waals surface area (Å²) in [6, 6.07) is 0. The number of nitrogens with zero attached hydrogens (tertiary/aromatic N) is 1. The Morgan fingerprint density at radius 3 is 2.25 bits per heavy atom. The van der Waals surface area contributed by atoms with E-state index in [0.29, 0.717) is 13.0 Å². The van der Waals surface area contributed by atoms with Crippen LogP contribution in [0.4, 0.5) is 0 Å². The van der Waals surface area contributed by atoms with Crippen LogP contribution in [0, 0.1) is 5.41 Å². The van der Waals surface area contributed by atoms with Crippen molar-refractivity contribution in [1.29, 1.82) is 0 Å². The molecule has 4 nitrogen and oxygen atoms in total. The molecule has 0 spiro atoms. The van der Waals surface area contributed by atoms with Gasteiger partial charge in [0.25, 0.3) is 0 Å². The minimum absolute atomic E-state index is 0.00159. The Kier molecular flexibility index (Phi) is 4.33. The van der Waals surface area contributed by atoms with E-state index >= 15 is 0 Å². The number of hydrogen-bond donors (Lipinski definition) is 1. The standard InChI is InChI=1S/C12H22N2O2/c1-12(2,3)11(16)13-7-6-10(15)14-8-4-5-9-14/h4-9H2,1-3H3,(H,13,16). The summed E-state index contributed by atoms with van der Waals surface area (Å²) < 4.78 is 0. The second-order valence-corrected chi connectivity index (χ2v) is 5.34. The average Bonchev–Trinajstić information content (AvgIpc) is 2.68. The SMILES string of the molecule is CC(C)(C)C(=O)NCCC(=O)N1CCCC1. The molecule has 0 saturated carbocycles. The van der Waals surface area contributed by atoms with E-state index < -0.39 is 0 Å². The number of rotatable bonds is 3. The molecule has 0 atom stereocenters. The maximum atomic E-state index is 11.7. The molecular weight excluding hydrogens is 204 g/mol. The fourth-order valence-electron chi connectivity index (χ4n) is 1.67. The van der Waals surface area contributed by atoms with E-state index in [-0.39, 0.29) is 17.2 Å². The van der Waals surface area contributed by atoms with E-state index in [0.717, 1.165) is 25.9 Å². The second kappa shape index (κ2) is 5.32. The number of carbonyl (C=O) groups is 2. The van der Waals surface area contributed by atoms with Crippen LogP contribution in [0.5, 0.6) is 0 Å². The van der Waals surface area contributed by atoms with Gasteiger partial charge in [-0.15, -0.1) is 0 Å². The summed E-state index contributed by atoms with van der Waals surface area (Å²) >= 11 is 0. The lowest BCUT2D eigenvalue weighted by molar-refractivity contribution is -0.131. The summed E-state index contributed by atoms with van der Waals surface area (Å²) in [5.74, 6) is 0.161. The molecule has 0 aromatic heterocycles. The van der Waals surface area contributed by atoms with E-state index in [9.17, 15) is 9.59 Å². The van der Waals surface area contributed by atoms with Gasteiger partial charge in [0.1, 0.15) is 0 Å². The highest BCUT2D eigenvalue weighted by atomic mass is 16.2. The minimum atomic E-state index is -0.378. The van der Waals surface area contributed by atoms with Gasteiger partial charge in [0.2, 0.25) is 11.8 Å². The first-order valence-corrected chi connectivity index (χ1v) is 5.97. The largest absolute Gasteiger partial charge is 0.355 e. The van der Waals surface area contributed by atoms with Crippen molar-refractivity contribution in [2.45, 2.75) is 40.0 Å². The predicted molar refractivity (Wildman–Crippen MR) is 62.9 cm³/mol. The lowest BCUT2D eigenvalue weighted by Gasteiger charge is -2.19. The summed E-state index contributed by atoms with van der Waals surface area (Å²) in [5.41, 5.74) is -0.378. The minimum Gasteiger partial charge on any atom is -0.355 e. The maximum absolute atomic E-state index is 11.7. The van der Waals surface area contributed by atoms with Gasteiger partial charge in [-0.25, -0.2) is 0 Å². The number of nitrogens with one attached hydrogen (secondary N) is 1. The first kappa shape index (κ1) is 13.0. The van der Waals surface area contributed by atoms with Crippen LogP contribution in [0.1, 0.15) is 40.0 Å². The van der Waals surface area contributed by atoms with E-state index in [1.54, 1.807) is 0 Å². The smallest absolute Gasteiger partial charge is 0.225 e. The fraction of sp³-hybridized carbons (Fsp3) is 0.833. The van der Waals surface area contributed by atoms with Gasteiger partial charge in [-0.2, -0.15) is 0 Å². The number of amides is 2. The van der Waals surface area contributed by atoms with Crippen molar-refractivity contribution in [3.63, 3.8) is 0 Å². The van der Waals surface area contributed by atoms with E-state index in [1.807, 2.05) is 25.7 Å². The highest BCUT2D eigenvalue weighted by molar-refractivity contribution is 5.82. The van der Waals surface area contributed by atoms with Crippen molar-refractivity contribution < 1.29 is 9.59 Å². The van der Waals surface area contributed by atoms with Gasteiger partial charge in [-0.1, -0.05) is 20.8 Å². The molecule has 1 aliphatic heterocycles. The lowest BCUT2D eigenvalue weighted by atomic mass is 9.96. The number of likely N-dealkylation sites (tertiary alicyclic amines) is 1. The summed E-state index contributed by atoms with van der Waals surface area (Å²) in [5, 5.41) is 2.79. The van der Waals surface area contributed by atoms with Crippen LogP contribution in [0.15, 0.2) is 0 Å². The summed E-state index contributed by atoms with van der Waals surface area (Å²) in [6.45, 7) is 7.81. The topological polar surface area (TPSA) is 49.4 Å². The first-order chi connectivity index (χ1) is 7.41. The summed E-state index contributed by atoms with van der Waals surface area (Å²) in [4.78, 5) is 25.1. The Bertz CT molecular complexity index is 263. The zero-order chi connectivity index (χ0) is 12.2. The molecule has 1 rings (SSSR count). The number of carbonyl (C=O) groups excluding carboxylic acids is 2. The van der Waals surface area contributed by atoms with Gasteiger partial charge < -0.3 is 10.2 Å². The number of hydrogen-bond acceptors (Lipinski definition) is 2. The molecule has 0 aliphatic carbocycles. The van der Waals surface area contributed by atoms with Crippen LogP contribution >= 0.6 is 0 Å². The van der Waals surface area contributed by atoms with E-state index in [2.05, 4.69) is 5.32 Å². The molecule has 16 heavy (non-hydrogen) atoms. The van der Waals surface area contributed by atoms with Crippen LogP contribution in [-0.4, -0.2) is 36.3 Å². The zero-order valence-electron chi connectivity index (χ0n) is 10.5. The van der Waals surface area contributed by atoms with Gasteiger partial charge in [0, 0.05) is 31.5 Å². The third-order valence-electron chi connectivity index (χ3n) is 2.76. The molecule has 0 unspecified atom stereocenters. The Morgan fingerprint density at radius 1 is 1.19 bits per heavy atom. The maximum Gasteiger partial charge on any atom is 0.225 e. The van der Waals surface area contributed by atoms with Crippen molar-refractivity contribution in [3.05, 3.63) is 0 Å². The van der Waals surface area contributed by atoms with Gasteiger partial charge >= 0.3 is 0 Å². The second-order valence-electron chi connectivity index (χ2n) is 5.34. The van der Waals surface area contributed by atoms with Crippen LogP contribution in [-0.2, 0) is 9.59 Å². The van der Waals surface area contributed by atoms with Crippen LogP contribution in [0.2, 0.25) is 0 Å². The van der Waals surface area contributed by atoms with Crippen molar-refractivity contribution in [3.8, 4) is 0 Å². The molecule has 0 bridgehead atoms. The van der Waals surface area contributed by atoms with E-state index in [4.69, 9.17) is 0 Å². The first-order valence-electron chi connectivity index (χ1n) is 5.97. The quantitative estimate of drug-likeness (QED) is 0.785. The molecule has 1 aliphatic rings. The lowest BCUT2D eigenvalue weighted by Crippen LogP contribution is -2.37. The van der Waals surface area contributed by atoms with Gasteiger partial charge in [0.05, 0.1) is 0 Å². The Labute approximate surface area is 97.4 Å². The monoisotopic (exact) mass is 226 g/mol. The van der Waals surface area contributed by atoms with Crippen molar-refractivity contribution >= 4 is 11.8 Å². The molecular formula is C12H22N2O2. The molecule has 4 heteroatoms. The Hall–Kier alpha value is -1.06. The zero-order valence-corrected chi connectivity index (χ0v) is 10.5. The van der Waals surface area contributed by atoms with Crippen LogP contribution < -0.4 is 5.32 Å². The molecule has 2 amide bonds. The molecule has 1 N–H and O–H groups in total. The Balaban J connectivity index is 2.20. The average molecular weight is 226 g/mol. The molecule has 1 fully saturated rings. The van der Waals surface area contributed by atoms with Gasteiger partial charge in [-0.3, -0.25) is 9.59 Å². The third kappa shape index (κ3) is 3.83. The summed E-state index contributed by atoms with van der Waals surface area (Å²) in [7, 11) is 0. The predicted octanol–water partition coefficient (Wildman–Crippen LogP) is 1.16. The Morgan fingerprint density at radius 2 is 1.75 bits per heavy atom. The molecule has 1 heterocycles. The van der Waals surface area contributed by atoms with Crippen LogP contribution in [0.25, 0.3) is 0 Å². The molecule has 0 aromatic rings. The van der Waals surface area contributed by atoms with Crippen LogP contribution in [0.3, 0.4) is 0 Å². The molecule has 1 saturated heterocycles. The third-order valence-corrected chi connectivity index (χ3v) is 2.76. The fourth-order valence-corrected chi connectivity index (χ4v) is 1.67. The van der Waals surface area contributed by atoms with Crippen molar-refractivity contribution in [2.75, 3.05) is 19.6 Å². The van der Waals surface area contributed by atoms with Gasteiger partial charge in [-0.05, 0) is 12.8 Å². The van der Waals surface area contributed by atoms with E-state index in [1.165, 1.54) is 0 Å². The van der Waals surface area contributed by atoms with Gasteiger partial charge in [0.15, 0.2) is 0 Å². The van der Waals surface area contributed by atoms with Crippen molar-refractivity contribution in [1.82, 2.24) is 10.2 Å². The molecule has 92 valence electrons. The molecule has 0 radical (unpaired) electrons. The normalized spacial score (nSPS) is 16.3.